The third kappa shape index (κ3) is 1.48. The van der Waals surface area contributed by atoms with Gasteiger partial charge in [0.15, 0.2) is 5.82 Å². The molecule has 0 aliphatic carbocycles. The second-order valence-corrected chi connectivity index (χ2v) is 3.69. The number of nitrogens with one attached hydrogen (secondary N) is 1. The quantitative estimate of drug-likeness (QED) is 0.758. The normalized spacial score (nSPS) is 13.1. The fourth-order valence-corrected chi connectivity index (χ4v) is 2.05. The standard InChI is InChI=1S/C8H9N3OS/c1-5-2-3-13-7(5)6(12)8-9-4-10-11-8/h2-4,6,12H,1H3,(H,9,10,11). The largest absolute Gasteiger partial charge is 0.379 e. The van der Waals surface area contributed by atoms with Gasteiger partial charge in [-0.15, -0.1) is 11.3 Å². The molecule has 0 radical (unpaired) electrons. The van der Waals surface area contributed by atoms with Crippen molar-refractivity contribution in [2.24, 2.45) is 0 Å². The van der Waals surface area contributed by atoms with Crippen molar-refractivity contribution in [3.05, 3.63) is 34.0 Å². The maximum atomic E-state index is 9.83. The van der Waals surface area contributed by atoms with Gasteiger partial charge in [-0.2, -0.15) is 5.10 Å². The molecule has 5 heteroatoms. The van der Waals surface area contributed by atoms with E-state index in [1.54, 1.807) is 0 Å². The first-order chi connectivity index (χ1) is 6.29. The molecule has 2 heterocycles. The van der Waals surface area contributed by atoms with E-state index in [0.717, 1.165) is 10.4 Å². The van der Waals surface area contributed by atoms with E-state index in [0.29, 0.717) is 5.82 Å². The lowest BCUT2D eigenvalue weighted by Gasteiger charge is -2.05. The van der Waals surface area contributed by atoms with Crippen molar-refractivity contribution in [3.63, 3.8) is 0 Å². The third-order valence-electron chi connectivity index (χ3n) is 1.84. The number of aliphatic hydroxyl groups excluding tert-OH is 1. The number of aromatic nitrogens is 3. The topological polar surface area (TPSA) is 61.8 Å². The van der Waals surface area contributed by atoms with Gasteiger partial charge in [-0.1, -0.05) is 0 Å². The highest BCUT2D eigenvalue weighted by Crippen LogP contribution is 2.26. The van der Waals surface area contributed by atoms with Gasteiger partial charge in [0.2, 0.25) is 0 Å². The highest BCUT2D eigenvalue weighted by Gasteiger charge is 2.16. The summed E-state index contributed by atoms with van der Waals surface area (Å²) in [6.07, 6.45) is 0.712. The summed E-state index contributed by atoms with van der Waals surface area (Å²) >= 11 is 1.52. The van der Waals surface area contributed by atoms with Crippen LogP contribution in [-0.2, 0) is 0 Å². The van der Waals surface area contributed by atoms with Crippen LogP contribution in [0.1, 0.15) is 22.4 Å². The zero-order valence-electron chi connectivity index (χ0n) is 7.06. The lowest BCUT2D eigenvalue weighted by Crippen LogP contribution is -2.01. The molecule has 13 heavy (non-hydrogen) atoms. The minimum atomic E-state index is -0.678. The van der Waals surface area contributed by atoms with Crippen molar-refractivity contribution in [1.82, 2.24) is 15.2 Å². The molecule has 2 aromatic rings. The summed E-state index contributed by atoms with van der Waals surface area (Å²) in [6.45, 7) is 1.96. The molecule has 0 aromatic carbocycles. The minimum absolute atomic E-state index is 0.491. The number of hydrogen-bond donors (Lipinski definition) is 2. The van der Waals surface area contributed by atoms with Gasteiger partial charge in [0.1, 0.15) is 12.4 Å². The molecule has 0 spiro atoms. The SMILES string of the molecule is Cc1ccsc1C(O)c1ncn[nH]1. The molecular weight excluding hydrogens is 186 g/mol. The van der Waals surface area contributed by atoms with Crippen LogP contribution in [0.15, 0.2) is 17.8 Å². The Labute approximate surface area is 79.3 Å². The smallest absolute Gasteiger partial charge is 0.158 e. The van der Waals surface area contributed by atoms with Crippen LogP contribution in [0.2, 0.25) is 0 Å². The molecule has 1 atom stereocenters. The van der Waals surface area contributed by atoms with Gasteiger partial charge < -0.3 is 5.11 Å². The van der Waals surface area contributed by atoms with Crippen LogP contribution < -0.4 is 0 Å². The van der Waals surface area contributed by atoms with Crippen molar-refractivity contribution >= 4 is 11.3 Å². The van der Waals surface area contributed by atoms with E-state index in [4.69, 9.17) is 0 Å². The first-order valence-corrected chi connectivity index (χ1v) is 4.74. The van der Waals surface area contributed by atoms with Gasteiger partial charge >= 0.3 is 0 Å². The summed E-state index contributed by atoms with van der Waals surface area (Å²) in [7, 11) is 0. The van der Waals surface area contributed by atoms with Gasteiger partial charge in [-0.05, 0) is 23.9 Å². The van der Waals surface area contributed by atoms with Gasteiger partial charge in [0.05, 0.1) is 0 Å². The van der Waals surface area contributed by atoms with Crippen LogP contribution in [0.5, 0.6) is 0 Å². The molecule has 0 aliphatic heterocycles. The van der Waals surface area contributed by atoms with Crippen molar-refractivity contribution < 1.29 is 5.11 Å². The predicted molar refractivity (Wildman–Crippen MR) is 49.5 cm³/mol. The van der Waals surface area contributed by atoms with Crippen LogP contribution >= 0.6 is 11.3 Å². The Kier molecular flexibility index (Phi) is 2.12. The van der Waals surface area contributed by atoms with Crippen LogP contribution in [-0.4, -0.2) is 20.3 Å². The van der Waals surface area contributed by atoms with Crippen molar-refractivity contribution in [3.8, 4) is 0 Å². The molecule has 1 unspecified atom stereocenters. The molecule has 2 rings (SSSR count). The number of thiophene rings is 1. The molecule has 0 saturated carbocycles. The highest BCUT2D eigenvalue weighted by molar-refractivity contribution is 7.10. The molecule has 0 saturated heterocycles. The van der Waals surface area contributed by atoms with Crippen LogP contribution in [0.4, 0.5) is 0 Å². The fraction of sp³-hybridized carbons (Fsp3) is 0.250. The number of aryl methyl sites for hydroxylation is 1. The van der Waals surface area contributed by atoms with Crippen molar-refractivity contribution in [2.75, 3.05) is 0 Å². The minimum Gasteiger partial charge on any atom is -0.379 e. The zero-order chi connectivity index (χ0) is 9.26. The van der Waals surface area contributed by atoms with E-state index in [1.165, 1.54) is 17.7 Å². The summed E-state index contributed by atoms with van der Waals surface area (Å²) in [4.78, 5) is 4.82. The second-order valence-electron chi connectivity index (χ2n) is 2.74. The number of H-pyrrole nitrogens is 1. The number of hydrogen-bond acceptors (Lipinski definition) is 4. The Hall–Kier alpha value is -1.20. The van der Waals surface area contributed by atoms with Gasteiger partial charge in [0.25, 0.3) is 0 Å². The summed E-state index contributed by atoms with van der Waals surface area (Å²) in [5, 5.41) is 18.1. The molecular formula is C8H9N3OS. The van der Waals surface area contributed by atoms with Crippen LogP contribution in [0.3, 0.4) is 0 Å². The lowest BCUT2D eigenvalue weighted by atomic mass is 10.2. The molecule has 0 amide bonds. The lowest BCUT2D eigenvalue weighted by molar-refractivity contribution is 0.213. The first-order valence-electron chi connectivity index (χ1n) is 3.86. The van der Waals surface area contributed by atoms with Gasteiger partial charge in [0, 0.05) is 4.88 Å². The number of aliphatic hydroxyl groups is 1. The average molecular weight is 195 g/mol. The van der Waals surface area contributed by atoms with Gasteiger partial charge in [-0.25, -0.2) is 4.98 Å². The van der Waals surface area contributed by atoms with E-state index in [-0.39, 0.29) is 0 Å². The summed E-state index contributed by atoms with van der Waals surface area (Å²) < 4.78 is 0. The van der Waals surface area contributed by atoms with Crippen LogP contribution in [0, 0.1) is 6.92 Å². The molecule has 0 fully saturated rings. The molecule has 4 nitrogen and oxygen atoms in total. The third-order valence-corrected chi connectivity index (χ3v) is 2.91. The summed E-state index contributed by atoms with van der Waals surface area (Å²) in [5.41, 5.74) is 1.08. The number of aromatic amines is 1. The molecule has 2 N–H and O–H groups in total. The summed E-state index contributed by atoms with van der Waals surface area (Å²) in [5.74, 6) is 0.491. The molecule has 68 valence electrons. The Balaban J connectivity index is 2.33. The number of nitrogens with zero attached hydrogens (tertiary/aromatic N) is 2. The van der Waals surface area contributed by atoms with E-state index in [9.17, 15) is 5.11 Å². The molecule has 0 aliphatic rings. The fourth-order valence-electron chi connectivity index (χ4n) is 1.14. The van der Waals surface area contributed by atoms with E-state index in [1.807, 2.05) is 18.4 Å². The zero-order valence-corrected chi connectivity index (χ0v) is 7.88. The molecule has 2 aromatic heterocycles. The molecule has 0 bridgehead atoms. The van der Waals surface area contributed by atoms with E-state index >= 15 is 0 Å². The maximum Gasteiger partial charge on any atom is 0.158 e. The van der Waals surface area contributed by atoms with E-state index in [2.05, 4.69) is 15.2 Å². The van der Waals surface area contributed by atoms with Gasteiger partial charge in [-0.3, -0.25) is 5.10 Å². The van der Waals surface area contributed by atoms with Crippen molar-refractivity contribution in [1.29, 1.82) is 0 Å². The Morgan fingerprint density at radius 1 is 1.62 bits per heavy atom. The highest BCUT2D eigenvalue weighted by atomic mass is 32.1. The summed E-state index contributed by atoms with van der Waals surface area (Å²) in [6, 6.07) is 1.97. The Bertz CT molecular complexity index is 382. The average Bonchev–Trinajstić information content (AvgIpc) is 2.72. The number of rotatable bonds is 2. The van der Waals surface area contributed by atoms with Crippen LogP contribution in [0.25, 0.3) is 0 Å². The van der Waals surface area contributed by atoms with E-state index < -0.39 is 6.10 Å². The second kappa shape index (κ2) is 3.27. The van der Waals surface area contributed by atoms with Crippen molar-refractivity contribution in [2.45, 2.75) is 13.0 Å². The Morgan fingerprint density at radius 2 is 2.46 bits per heavy atom. The first kappa shape index (κ1) is 8.40. The predicted octanol–water partition coefficient (Wildman–Crippen LogP) is 1.26. The maximum absolute atomic E-state index is 9.83. The monoisotopic (exact) mass is 195 g/mol. The Morgan fingerprint density at radius 3 is 3.00 bits per heavy atom.